The Balaban J connectivity index is 1.78. The summed E-state index contributed by atoms with van der Waals surface area (Å²) < 4.78 is 5.73. The van der Waals surface area contributed by atoms with E-state index >= 15 is 0 Å². The van der Waals surface area contributed by atoms with Gasteiger partial charge in [-0.1, -0.05) is 39.0 Å². The molecule has 0 radical (unpaired) electrons. The molecule has 7 heteroatoms. The van der Waals surface area contributed by atoms with E-state index in [9.17, 15) is 14.9 Å². The van der Waals surface area contributed by atoms with Crippen molar-refractivity contribution in [2.75, 3.05) is 5.32 Å². The predicted octanol–water partition coefficient (Wildman–Crippen LogP) is 4.21. The SMILES string of the molecule is CC(C)(C)c1nc2cc(NC(=O)Cc3ccccc3[N+](=O)[O-])ccc2o1. The molecular formula is C19H19N3O4. The molecule has 0 bridgehead atoms. The highest BCUT2D eigenvalue weighted by atomic mass is 16.6. The van der Waals surface area contributed by atoms with Crippen molar-refractivity contribution >= 4 is 28.4 Å². The van der Waals surface area contributed by atoms with Crippen molar-refractivity contribution in [2.45, 2.75) is 32.6 Å². The van der Waals surface area contributed by atoms with Crippen LogP contribution in [0.1, 0.15) is 32.2 Å². The molecule has 2 aromatic carbocycles. The quantitative estimate of drug-likeness (QED) is 0.559. The first-order valence-corrected chi connectivity index (χ1v) is 8.17. The van der Waals surface area contributed by atoms with Crippen LogP contribution in [-0.4, -0.2) is 15.8 Å². The van der Waals surface area contributed by atoms with E-state index in [1.165, 1.54) is 6.07 Å². The minimum absolute atomic E-state index is 0.0653. The van der Waals surface area contributed by atoms with E-state index < -0.39 is 4.92 Å². The number of benzene rings is 2. The molecule has 1 N–H and O–H groups in total. The summed E-state index contributed by atoms with van der Waals surface area (Å²) in [6.45, 7) is 6.02. The summed E-state index contributed by atoms with van der Waals surface area (Å²) in [5.74, 6) is 0.286. The van der Waals surface area contributed by atoms with E-state index in [0.29, 0.717) is 28.2 Å². The number of fused-ring (bicyclic) bond motifs is 1. The third kappa shape index (κ3) is 3.72. The fourth-order valence-electron chi connectivity index (χ4n) is 2.54. The maximum atomic E-state index is 12.3. The number of carbonyl (C=O) groups is 1. The van der Waals surface area contributed by atoms with Crippen LogP contribution in [-0.2, 0) is 16.6 Å². The largest absolute Gasteiger partial charge is 0.440 e. The molecule has 0 spiro atoms. The van der Waals surface area contributed by atoms with Crippen LogP contribution in [0.4, 0.5) is 11.4 Å². The number of hydrogen-bond donors (Lipinski definition) is 1. The number of nitro groups is 1. The highest BCUT2D eigenvalue weighted by molar-refractivity contribution is 5.94. The zero-order valence-corrected chi connectivity index (χ0v) is 14.8. The molecule has 26 heavy (non-hydrogen) atoms. The molecule has 134 valence electrons. The molecule has 3 aromatic rings. The second-order valence-corrected chi connectivity index (χ2v) is 7.06. The van der Waals surface area contributed by atoms with Crippen LogP contribution >= 0.6 is 0 Å². The van der Waals surface area contributed by atoms with Crippen LogP contribution in [0.2, 0.25) is 0 Å². The maximum Gasteiger partial charge on any atom is 0.273 e. The van der Waals surface area contributed by atoms with E-state index in [4.69, 9.17) is 4.42 Å². The smallest absolute Gasteiger partial charge is 0.273 e. The number of nitro benzene ring substituents is 1. The van der Waals surface area contributed by atoms with Gasteiger partial charge >= 0.3 is 0 Å². The molecule has 3 rings (SSSR count). The van der Waals surface area contributed by atoms with Gasteiger partial charge < -0.3 is 9.73 Å². The monoisotopic (exact) mass is 353 g/mol. The fraction of sp³-hybridized carbons (Fsp3) is 0.263. The average molecular weight is 353 g/mol. The number of rotatable bonds is 4. The summed E-state index contributed by atoms with van der Waals surface area (Å²) in [5.41, 5.74) is 1.95. The number of hydrogen-bond acceptors (Lipinski definition) is 5. The molecular weight excluding hydrogens is 334 g/mol. The number of aromatic nitrogens is 1. The second kappa shape index (κ2) is 6.59. The predicted molar refractivity (Wildman–Crippen MR) is 98.1 cm³/mol. The van der Waals surface area contributed by atoms with Gasteiger partial charge in [-0.2, -0.15) is 0 Å². The Morgan fingerprint density at radius 1 is 1.23 bits per heavy atom. The molecule has 0 aliphatic carbocycles. The van der Waals surface area contributed by atoms with Crippen molar-refractivity contribution in [1.29, 1.82) is 0 Å². The summed E-state index contributed by atoms with van der Waals surface area (Å²) >= 11 is 0. The first kappa shape index (κ1) is 17.6. The fourth-order valence-corrected chi connectivity index (χ4v) is 2.54. The van der Waals surface area contributed by atoms with Crippen LogP contribution in [0.15, 0.2) is 46.9 Å². The summed E-state index contributed by atoms with van der Waals surface area (Å²) in [5, 5.41) is 13.8. The van der Waals surface area contributed by atoms with Crippen molar-refractivity contribution < 1.29 is 14.1 Å². The van der Waals surface area contributed by atoms with Crippen LogP contribution < -0.4 is 5.32 Å². The Hall–Kier alpha value is -3.22. The van der Waals surface area contributed by atoms with Crippen LogP contribution in [0.3, 0.4) is 0 Å². The van der Waals surface area contributed by atoms with Crippen molar-refractivity contribution in [2.24, 2.45) is 0 Å². The summed E-state index contributed by atoms with van der Waals surface area (Å²) in [4.78, 5) is 27.3. The summed E-state index contributed by atoms with van der Waals surface area (Å²) in [6.07, 6.45) is -0.0821. The van der Waals surface area contributed by atoms with E-state index in [1.54, 1.807) is 36.4 Å². The molecule has 0 aliphatic heterocycles. The van der Waals surface area contributed by atoms with Gasteiger partial charge in [-0.15, -0.1) is 0 Å². The van der Waals surface area contributed by atoms with Gasteiger partial charge in [-0.05, 0) is 18.2 Å². The molecule has 7 nitrogen and oxygen atoms in total. The molecule has 0 saturated carbocycles. The van der Waals surface area contributed by atoms with Crippen molar-refractivity contribution in [1.82, 2.24) is 4.98 Å². The molecule has 0 fully saturated rings. The van der Waals surface area contributed by atoms with Gasteiger partial charge in [0, 0.05) is 22.7 Å². The lowest BCUT2D eigenvalue weighted by molar-refractivity contribution is -0.385. The Bertz CT molecular complexity index is 986. The second-order valence-electron chi connectivity index (χ2n) is 7.06. The Labute approximate surface area is 150 Å². The van der Waals surface area contributed by atoms with E-state index in [1.807, 2.05) is 20.8 Å². The van der Waals surface area contributed by atoms with Crippen molar-refractivity contribution in [3.8, 4) is 0 Å². The zero-order chi connectivity index (χ0) is 18.9. The van der Waals surface area contributed by atoms with Gasteiger partial charge in [0.2, 0.25) is 11.8 Å². The van der Waals surface area contributed by atoms with E-state index in [0.717, 1.165) is 0 Å². The molecule has 1 aromatic heterocycles. The van der Waals surface area contributed by atoms with Gasteiger partial charge in [-0.3, -0.25) is 14.9 Å². The zero-order valence-electron chi connectivity index (χ0n) is 14.8. The number of amides is 1. The summed E-state index contributed by atoms with van der Waals surface area (Å²) in [7, 11) is 0. The Morgan fingerprint density at radius 3 is 2.65 bits per heavy atom. The van der Waals surface area contributed by atoms with Gasteiger partial charge in [0.05, 0.1) is 11.3 Å². The first-order valence-electron chi connectivity index (χ1n) is 8.17. The van der Waals surface area contributed by atoms with Crippen LogP contribution in [0.25, 0.3) is 11.1 Å². The maximum absolute atomic E-state index is 12.3. The molecule has 0 saturated heterocycles. The highest BCUT2D eigenvalue weighted by Gasteiger charge is 2.21. The Morgan fingerprint density at radius 2 is 1.96 bits per heavy atom. The van der Waals surface area contributed by atoms with Gasteiger partial charge in [-0.25, -0.2) is 4.98 Å². The van der Waals surface area contributed by atoms with Crippen molar-refractivity contribution in [3.05, 3.63) is 64.0 Å². The Kier molecular flexibility index (Phi) is 4.46. The first-order chi connectivity index (χ1) is 12.2. The highest BCUT2D eigenvalue weighted by Crippen LogP contribution is 2.27. The topological polar surface area (TPSA) is 98.3 Å². The lowest BCUT2D eigenvalue weighted by atomic mass is 9.97. The van der Waals surface area contributed by atoms with E-state index in [2.05, 4.69) is 10.3 Å². The molecule has 1 amide bonds. The number of anilines is 1. The number of nitrogens with one attached hydrogen (secondary N) is 1. The minimum Gasteiger partial charge on any atom is -0.440 e. The number of oxazole rings is 1. The van der Waals surface area contributed by atoms with Gasteiger partial charge in [0.25, 0.3) is 5.69 Å². The van der Waals surface area contributed by atoms with Gasteiger partial charge in [0.1, 0.15) is 5.52 Å². The minimum atomic E-state index is -0.488. The van der Waals surface area contributed by atoms with E-state index in [-0.39, 0.29) is 23.4 Å². The number of carbonyl (C=O) groups excluding carboxylic acids is 1. The van der Waals surface area contributed by atoms with Crippen LogP contribution in [0.5, 0.6) is 0 Å². The van der Waals surface area contributed by atoms with Crippen molar-refractivity contribution in [3.63, 3.8) is 0 Å². The third-order valence-corrected chi connectivity index (χ3v) is 3.85. The summed E-state index contributed by atoms with van der Waals surface area (Å²) in [6, 6.07) is 11.4. The molecule has 0 aliphatic rings. The molecule has 0 unspecified atom stereocenters. The average Bonchev–Trinajstić information content (AvgIpc) is 2.98. The normalized spacial score (nSPS) is 11.5. The van der Waals surface area contributed by atoms with Gasteiger partial charge in [0.15, 0.2) is 5.58 Å². The molecule has 1 heterocycles. The molecule has 0 atom stereocenters. The van der Waals surface area contributed by atoms with Crippen LogP contribution in [0, 0.1) is 10.1 Å². The number of para-hydroxylation sites is 1. The number of nitrogens with zero attached hydrogens (tertiary/aromatic N) is 2. The lowest BCUT2D eigenvalue weighted by Crippen LogP contribution is -2.15. The lowest BCUT2D eigenvalue weighted by Gasteiger charge is -2.11. The third-order valence-electron chi connectivity index (χ3n) is 3.85. The standard InChI is InChI=1S/C19H19N3O4/c1-19(2,3)18-21-14-11-13(8-9-16(14)26-18)20-17(23)10-12-6-4-5-7-15(12)22(24)25/h4-9,11H,10H2,1-3H3,(H,20,23).